The van der Waals surface area contributed by atoms with Crippen LogP contribution in [-0.2, 0) is 4.79 Å². The van der Waals surface area contributed by atoms with Crippen LogP contribution in [0.4, 0.5) is 11.4 Å². The van der Waals surface area contributed by atoms with E-state index in [1.165, 1.54) is 12.1 Å². The highest BCUT2D eigenvalue weighted by atomic mass is 35.5. The molecule has 0 saturated carbocycles. The van der Waals surface area contributed by atoms with Crippen molar-refractivity contribution in [3.63, 3.8) is 0 Å². The van der Waals surface area contributed by atoms with Crippen LogP contribution in [0.2, 0.25) is 5.02 Å². The topological polar surface area (TPSA) is 92.5 Å². The van der Waals surface area contributed by atoms with Crippen LogP contribution in [0.5, 0.6) is 0 Å². The lowest BCUT2D eigenvalue weighted by Crippen LogP contribution is -2.16. The molecule has 0 radical (unpaired) electrons. The molecule has 0 aliphatic carbocycles. The van der Waals surface area contributed by atoms with Crippen LogP contribution in [0.25, 0.3) is 0 Å². The highest BCUT2D eigenvalue weighted by Crippen LogP contribution is 2.27. The third-order valence-electron chi connectivity index (χ3n) is 1.57. The Bertz CT molecular complexity index is 408. The van der Waals surface area contributed by atoms with Gasteiger partial charge in [-0.1, -0.05) is 11.6 Å². The zero-order valence-corrected chi connectivity index (χ0v) is 8.19. The SMILES string of the molecule is O=C(CO)Nc1ccc(Cl)cc1[N+](=O)[O-]. The maximum absolute atomic E-state index is 10.8. The minimum Gasteiger partial charge on any atom is -0.387 e. The van der Waals surface area contributed by atoms with Crippen LogP contribution in [0.3, 0.4) is 0 Å². The number of rotatable bonds is 3. The van der Waals surface area contributed by atoms with Gasteiger partial charge in [-0.25, -0.2) is 0 Å². The first-order chi connectivity index (χ1) is 7.04. The van der Waals surface area contributed by atoms with Gasteiger partial charge in [0.25, 0.3) is 5.69 Å². The van der Waals surface area contributed by atoms with Gasteiger partial charge in [0.1, 0.15) is 12.3 Å². The third-order valence-corrected chi connectivity index (χ3v) is 1.81. The van der Waals surface area contributed by atoms with Crippen LogP contribution in [0.1, 0.15) is 0 Å². The summed E-state index contributed by atoms with van der Waals surface area (Å²) in [6, 6.07) is 3.82. The van der Waals surface area contributed by atoms with Crippen LogP contribution in [0, 0.1) is 10.1 Å². The molecule has 0 atom stereocenters. The first-order valence-electron chi connectivity index (χ1n) is 3.89. The largest absolute Gasteiger partial charge is 0.387 e. The second-order valence-electron chi connectivity index (χ2n) is 2.62. The van der Waals surface area contributed by atoms with Gasteiger partial charge >= 0.3 is 0 Å². The lowest BCUT2D eigenvalue weighted by atomic mass is 10.2. The molecule has 7 heteroatoms. The van der Waals surface area contributed by atoms with Gasteiger partial charge in [-0.2, -0.15) is 0 Å². The fraction of sp³-hybridized carbons (Fsp3) is 0.125. The molecular weight excluding hydrogens is 224 g/mol. The molecule has 6 nitrogen and oxygen atoms in total. The maximum Gasteiger partial charge on any atom is 0.294 e. The standard InChI is InChI=1S/C8H7ClN2O4/c9-5-1-2-6(10-8(13)4-12)7(3-5)11(14)15/h1-3,12H,4H2,(H,10,13). The van der Waals surface area contributed by atoms with Gasteiger partial charge in [-0.15, -0.1) is 0 Å². The number of nitro benzene ring substituents is 1. The van der Waals surface area contributed by atoms with Crippen LogP contribution >= 0.6 is 11.6 Å². The number of anilines is 1. The first-order valence-corrected chi connectivity index (χ1v) is 4.27. The predicted octanol–water partition coefficient (Wildman–Crippen LogP) is 1.18. The number of halogens is 1. The number of benzene rings is 1. The average molecular weight is 231 g/mol. The lowest BCUT2D eigenvalue weighted by Gasteiger charge is -2.03. The molecule has 0 fully saturated rings. The fourth-order valence-corrected chi connectivity index (χ4v) is 1.12. The van der Waals surface area contributed by atoms with Gasteiger partial charge in [0.2, 0.25) is 5.91 Å². The number of nitrogens with zero attached hydrogens (tertiary/aromatic N) is 1. The molecule has 80 valence electrons. The Morgan fingerprint density at radius 2 is 2.27 bits per heavy atom. The van der Waals surface area contributed by atoms with E-state index in [0.29, 0.717) is 0 Å². The highest BCUT2D eigenvalue weighted by molar-refractivity contribution is 6.31. The summed E-state index contributed by atoms with van der Waals surface area (Å²) in [5.41, 5.74) is -0.312. The van der Waals surface area contributed by atoms with Crippen molar-refractivity contribution in [3.05, 3.63) is 33.3 Å². The Morgan fingerprint density at radius 1 is 1.60 bits per heavy atom. The normalized spacial score (nSPS) is 9.73. The number of hydrogen-bond acceptors (Lipinski definition) is 4. The maximum atomic E-state index is 10.8. The number of aliphatic hydroxyl groups is 1. The monoisotopic (exact) mass is 230 g/mol. The third kappa shape index (κ3) is 2.90. The molecule has 0 heterocycles. The van der Waals surface area contributed by atoms with Crippen molar-refractivity contribution in [2.75, 3.05) is 11.9 Å². The average Bonchev–Trinajstić information content (AvgIpc) is 2.20. The number of carbonyl (C=O) groups excluding carboxylic acids is 1. The minimum atomic E-state index is -0.736. The van der Waals surface area contributed by atoms with E-state index in [1.807, 2.05) is 0 Å². The van der Waals surface area contributed by atoms with Crippen LogP contribution in [-0.4, -0.2) is 22.5 Å². The molecule has 1 aromatic rings. The van der Waals surface area contributed by atoms with E-state index in [9.17, 15) is 14.9 Å². The Morgan fingerprint density at radius 3 is 2.80 bits per heavy atom. The number of nitrogens with one attached hydrogen (secondary N) is 1. The highest BCUT2D eigenvalue weighted by Gasteiger charge is 2.15. The molecule has 2 N–H and O–H groups in total. The van der Waals surface area contributed by atoms with Crippen molar-refractivity contribution < 1.29 is 14.8 Å². The van der Waals surface area contributed by atoms with E-state index in [0.717, 1.165) is 6.07 Å². The van der Waals surface area contributed by atoms with Gasteiger partial charge in [0.05, 0.1) is 4.92 Å². The summed E-state index contributed by atoms with van der Waals surface area (Å²) in [4.78, 5) is 20.7. The summed E-state index contributed by atoms with van der Waals surface area (Å²) < 4.78 is 0. The van der Waals surface area contributed by atoms with Gasteiger partial charge < -0.3 is 10.4 Å². The Labute approximate surface area is 89.6 Å². The van der Waals surface area contributed by atoms with Gasteiger partial charge in [-0.3, -0.25) is 14.9 Å². The summed E-state index contributed by atoms with van der Waals surface area (Å²) in [6.07, 6.45) is 0. The number of aliphatic hydroxyl groups excluding tert-OH is 1. The molecule has 0 aromatic heterocycles. The summed E-state index contributed by atoms with van der Waals surface area (Å²) in [5, 5.41) is 21.4. The quantitative estimate of drug-likeness (QED) is 0.602. The number of hydrogen-bond donors (Lipinski definition) is 2. The molecule has 1 aromatic carbocycles. The Kier molecular flexibility index (Phi) is 3.59. The minimum absolute atomic E-state index is 0.00319. The Hall–Kier alpha value is -1.66. The molecule has 0 saturated heterocycles. The van der Waals surface area contributed by atoms with E-state index in [2.05, 4.69) is 5.32 Å². The molecular formula is C8H7ClN2O4. The van der Waals surface area contributed by atoms with E-state index in [4.69, 9.17) is 16.7 Å². The molecule has 0 bridgehead atoms. The van der Waals surface area contributed by atoms with Crippen molar-refractivity contribution in [2.24, 2.45) is 0 Å². The zero-order valence-electron chi connectivity index (χ0n) is 7.44. The van der Waals surface area contributed by atoms with Crippen molar-refractivity contribution in [1.82, 2.24) is 0 Å². The van der Waals surface area contributed by atoms with Crippen LogP contribution < -0.4 is 5.32 Å². The molecule has 1 rings (SSSR count). The predicted molar refractivity (Wildman–Crippen MR) is 53.8 cm³/mol. The van der Waals surface area contributed by atoms with Crippen molar-refractivity contribution in [2.45, 2.75) is 0 Å². The lowest BCUT2D eigenvalue weighted by molar-refractivity contribution is -0.383. The second kappa shape index (κ2) is 4.72. The van der Waals surface area contributed by atoms with E-state index >= 15 is 0 Å². The van der Waals surface area contributed by atoms with Gasteiger partial charge in [0.15, 0.2) is 0 Å². The second-order valence-corrected chi connectivity index (χ2v) is 3.06. The molecule has 1 amide bonds. The summed E-state index contributed by atoms with van der Waals surface area (Å²) in [7, 11) is 0. The first kappa shape index (κ1) is 11.4. The molecule has 15 heavy (non-hydrogen) atoms. The summed E-state index contributed by atoms with van der Waals surface area (Å²) in [6.45, 7) is -0.736. The summed E-state index contributed by atoms with van der Waals surface area (Å²) >= 11 is 5.56. The van der Waals surface area contributed by atoms with E-state index in [-0.39, 0.29) is 16.4 Å². The molecule has 0 spiro atoms. The molecule has 0 aliphatic rings. The van der Waals surface area contributed by atoms with Crippen molar-refractivity contribution >= 4 is 28.9 Å². The van der Waals surface area contributed by atoms with Crippen molar-refractivity contribution in [3.8, 4) is 0 Å². The van der Waals surface area contributed by atoms with Gasteiger partial charge in [0, 0.05) is 11.1 Å². The van der Waals surface area contributed by atoms with E-state index in [1.54, 1.807) is 0 Å². The van der Waals surface area contributed by atoms with E-state index < -0.39 is 17.4 Å². The summed E-state index contributed by atoms with van der Waals surface area (Å²) in [5.74, 6) is -0.722. The fourth-order valence-electron chi connectivity index (χ4n) is 0.951. The number of amides is 1. The molecule has 0 unspecified atom stereocenters. The van der Waals surface area contributed by atoms with Gasteiger partial charge in [-0.05, 0) is 12.1 Å². The smallest absolute Gasteiger partial charge is 0.294 e. The molecule has 0 aliphatic heterocycles. The number of carbonyl (C=O) groups is 1. The Balaban J connectivity index is 3.06. The number of nitro groups is 1. The van der Waals surface area contributed by atoms with Crippen LogP contribution in [0.15, 0.2) is 18.2 Å². The zero-order chi connectivity index (χ0) is 11.4. The van der Waals surface area contributed by atoms with Crippen molar-refractivity contribution in [1.29, 1.82) is 0 Å².